The molecule has 3 aromatic rings. The van der Waals surface area contributed by atoms with E-state index in [1.807, 2.05) is 4.90 Å². The van der Waals surface area contributed by atoms with Gasteiger partial charge in [-0.15, -0.1) is 0 Å². The molecule has 164 valence electrons. The van der Waals surface area contributed by atoms with Crippen LogP contribution in [0.4, 0.5) is 35.2 Å². The van der Waals surface area contributed by atoms with E-state index in [4.69, 9.17) is 0 Å². The first kappa shape index (κ1) is 20.2. The number of carbonyl (C=O) groups excluding carboxylic acids is 1. The third kappa shape index (κ3) is 3.50. The highest BCUT2D eigenvalue weighted by Gasteiger charge is 2.45. The number of hydrogen-bond donors (Lipinski definition) is 2. The second-order valence-corrected chi connectivity index (χ2v) is 7.58. The summed E-state index contributed by atoms with van der Waals surface area (Å²) in [5.74, 6) is 0.258. The van der Waals surface area contributed by atoms with Gasteiger partial charge in [-0.25, -0.2) is 9.78 Å². The van der Waals surface area contributed by atoms with Crippen molar-refractivity contribution in [3.05, 3.63) is 60.7 Å². The van der Waals surface area contributed by atoms with Gasteiger partial charge in [-0.3, -0.25) is 14.9 Å². The molecule has 5 rings (SSSR count). The summed E-state index contributed by atoms with van der Waals surface area (Å²) in [4.78, 5) is 28.6. The van der Waals surface area contributed by atoms with Gasteiger partial charge in [0.05, 0.1) is 41.0 Å². The number of rotatable bonds is 2. The zero-order chi connectivity index (χ0) is 22.5. The molecule has 11 heteroatoms. The van der Waals surface area contributed by atoms with Gasteiger partial charge in [-0.1, -0.05) is 0 Å². The highest BCUT2D eigenvalue weighted by Crippen LogP contribution is 2.41. The summed E-state index contributed by atoms with van der Waals surface area (Å²) in [7, 11) is 0. The summed E-state index contributed by atoms with van der Waals surface area (Å²) in [6, 6.07) is 6.51. The maximum Gasteiger partial charge on any atom is 0.417 e. The number of fused-ring (bicyclic) bond motifs is 4. The van der Waals surface area contributed by atoms with Crippen molar-refractivity contribution >= 4 is 23.2 Å². The monoisotopic (exact) mass is 442 g/mol. The quantitative estimate of drug-likeness (QED) is 0.633. The first-order valence-corrected chi connectivity index (χ1v) is 9.78. The molecule has 0 unspecified atom stereocenters. The molecule has 32 heavy (non-hydrogen) atoms. The Bertz CT molecular complexity index is 1170. The number of anilines is 3. The second kappa shape index (κ2) is 7.45. The first-order chi connectivity index (χ1) is 15.3. The Kier molecular flexibility index (Phi) is 4.70. The number of nitrogens with one attached hydrogen (secondary N) is 1. The fourth-order valence-electron chi connectivity index (χ4n) is 4.01. The summed E-state index contributed by atoms with van der Waals surface area (Å²) < 4.78 is 39.4. The molecule has 2 aliphatic heterocycles. The van der Waals surface area contributed by atoms with Gasteiger partial charge in [0.25, 0.3) is 0 Å². The standard InChI is InChI=1S/C21H17F3N6O2/c22-21(23,24)13-6-12(7-26-8-13)15-3-4-16-19(28-15)30(17-10-29(16)11-18(17)31)20(32)27-14-2-1-5-25-9-14/h1-9,17-18,31H,10-11H2,(H,27,32)/t17-,18-/m1/s1. The summed E-state index contributed by atoms with van der Waals surface area (Å²) in [5, 5.41) is 13.3. The number of hydrogen-bond acceptors (Lipinski definition) is 6. The molecule has 2 aliphatic rings. The lowest BCUT2D eigenvalue weighted by Gasteiger charge is -2.36. The van der Waals surface area contributed by atoms with E-state index in [0.717, 1.165) is 12.3 Å². The molecule has 1 fully saturated rings. The Morgan fingerprint density at radius 2 is 1.97 bits per heavy atom. The SMILES string of the molecule is O=C(Nc1cccnc1)N1c2nc(-c3cncc(C(F)(F)F)c3)ccc2N2C[C@@H](O)[C@H]1C2. The van der Waals surface area contributed by atoms with Crippen LogP contribution in [0.3, 0.4) is 0 Å². The maximum atomic E-state index is 13.2. The number of pyridine rings is 3. The van der Waals surface area contributed by atoms with E-state index < -0.39 is 29.9 Å². The molecule has 2 atom stereocenters. The molecule has 5 heterocycles. The lowest BCUT2D eigenvalue weighted by Crippen LogP contribution is -2.51. The van der Waals surface area contributed by atoms with E-state index in [9.17, 15) is 23.1 Å². The Balaban J connectivity index is 1.56. The molecular weight excluding hydrogens is 425 g/mol. The van der Waals surface area contributed by atoms with Gasteiger partial charge in [-0.2, -0.15) is 13.2 Å². The molecule has 0 aromatic carbocycles. The lowest BCUT2D eigenvalue weighted by molar-refractivity contribution is -0.137. The number of carbonyl (C=O) groups is 1. The van der Waals surface area contributed by atoms with E-state index in [2.05, 4.69) is 20.3 Å². The van der Waals surface area contributed by atoms with Crippen LogP contribution in [-0.2, 0) is 6.18 Å². The normalized spacial score (nSPS) is 19.6. The van der Waals surface area contributed by atoms with Crippen molar-refractivity contribution in [3.63, 3.8) is 0 Å². The van der Waals surface area contributed by atoms with E-state index in [-0.39, 0.29) is 17.1 Å². The van der Waals surface area contributed by atoms with Crippen molar-refractivity contribution < 1.29 is 23.1 Å². The molecular formula is C21H17F3N6O2. The topological polar surface area (TPSA) is 94.5 Å². The van der Waals surface area contributed by atoms with E-state index in [1.54, 1.807) is 30.5 Å². The summed E-state index contributed by atoms with van der Waals surface area (Å²) in [6.07, 6.45) is -0.252. The highest BCUT2D eigenvalue weighted by atomic mass is 19.4. The fourth-order valence-corrected chi connectivity index (χ4v) is 4.01. The van der Waals surface area contributed by atoms with Crippen molar-refractivity contribution in [3.8, 4) is 11.3 Å². The van der Waals surface area contributed by atoms with Gasteiger partial charge in [0.15, 0.2) is 5.82 Å². The van der Waals surface area contributed by atoms with Crippen LogP contribution in [0, 0.1) is 0 Å². The van der Waals surface area contributed by atoms with E-state index in [1.165, 1.54) is 17.3 Å². The van der Waals surface area contributed by atoms with Crippen molar-refractivity contribution in [2.45, 2.75) is 18.3 Å². The number of aromatic nitrogens is 3. The molecule has 2 N–H and O–H groups in total. The van der Waals surface area contributed by atoms with Crippen LogP contribution in [-0.4, -0.2) is 51.3 Å². The molecule has 0 radical (unpaired) electrons. The summed E-state index contributed by atoms with van der Waals surface area (Å²) in [5.41, 5.74) is 0.595. The van der Waals surface area contributed by atoms with Crippen LogP contribution in [0.15, 0.2) is 55.1 Å². The largest absolute Gasteiger partial charge is 0.417 e. The molecule has 3 aromatic heterocycles. The van der Waals surface area contributed by atoms with Crippen LogP contribution < -0.4 is 15.1 Å². The summed E-state index contributed by atoms with van der Waals surface area (Å²) in [6.45, 7) is 0.737. The smallest absolute Gasteiger partial charge is 0.389 e. The minimum absolute atomic E-state index is 0.170. The zero-order valence-corrected chi connectivity index (χ0v) is 16.5. The third-order valence-electron chi connectivity index (χ3n) is 5.51. The van der Waals surface area contributed by atoms with Gasteiger partial charge >= 0.3 is 12.2 Å². The number of amides is 2. The number of urea groups is 1. The summed E-state index contributed by atoms with van der Waals surface area (Å²) >= 11 is 0. The van der Waals surface area contributed by atoms with Crippen molar-refractivity contribution in [1.82, 2.24) is 15.0 Å². The second-order valence-electron chi connectivity index (χ2n) is 7.58. The van der Waals surface area contributed by atoms with Gasteiger partial charge in [-0.05, 0) is 30.3 Å². The average molecular weight is 442 g/mol. The molecule has 8 nitrogen and oxygen atoms in total. The van der Waals surface area contributed by atoms with Gasteiger partial charge in [0, 0.05) is 37.2 Å². The van der Waals surface area contributed by atoms with Crippen molar-refractivity contribution in [2.75, 3.05) is 28.2 Å². The molecule has 0 spiro atoms. The van der Waals surface area contributed by atoms with Crippen molar-refractivity contribution in [2.24, 2.45) is 0 Å². The van der Waals surface area contributed by atoms with Crippen molar-refractivity contribution in [1.29, 1.82) is 0 Å². The first-order valence-electron chi connectivity index (χ1n) is 9.78. The fraction of sp³-hybridized carbons (Fsp3) is 0.238. The van der Waals surface area contributed by atoms with Crippen LogP contribution in [0.1, 0.15) is 5.56 Å². The van der Waals surface area contributed by atoms with Crippen LogP contribution in [0.25, 0.3) is 11.3 Å². The van der Waals surface area contributed by atoms with Gasteiger partial charge in [0.2, 0.25) is 0 Å². The van der Waals surface area contributed by atoms with E-state index in [0.29, 0.717) is 24.5 Å². The third-order valence-corrected chi connectivity index (χ3v) is 5.51. The number of alkyl halides is 3. The van der Waals surface area contributed by atoms with Gasteiger partial charge in [0.1, 0.15) is 0 Å². The Labute approximate surface area is 180 Å². The molecule has 0 aliphatic carbocycles. The number of aliphatic hydroxyl groups excluding tert-OH is 1. The predicted octanol–water partition coefficient (Wildman–Crippen LogP) is 3.16. The Morgan fingerprint density at radius 3 is 2.72 bits per heavy atom. The minimum atomic E-state index is -4.54. The van der Waals surface area contributed by atoms with Crippen LogP contribution in [0.5, 0.6) is 0 Å². The number of nitrogens with zero attached hydrogens (tertiary/aromatic N) is 5. The number of halogens is 3. The zero-order valence-electron chi connectivity index (χ0n) is 16.5. The Hall–Kier alpha value is -3.73. The highest BCUT2D eigenvalue weighted by molar-refractivity contribution is 6.04. The maximum absolute atomic E-state index is 13.2. The van der Waals surface area contributed by atoms with Gasteiger partial charge < -0.3 is 15.3 Å². The van der Waals surface area contributed by atoms with Crippen LogP contribution >= 0.6 is 0 Å². The molecule has 0 saturated carbocycles. The van der Waals surface area contributed by atoms with Crippen LogP contribution in [0.2, 0.25) is 0 Å². The predicted molar refractivity (Wildman–Crippen MR) is 110 cm³/mol. The molecule has 2 bridgehead atoms. The number of aliphatic hydroxyl groups is 1. The minimum Gasteiger partial charge on any atom is -0.389 e. The van der Waals surface area contributed by atoms with E-state index >= 15 is 0 Å². The molecule has 2 amide bonds. The Morgan fingerprint density at radius 1 is 1.12 bits per heavy atom. The average Bonchev–Trinajstić information content (AvgIpc) is 3.10. The lowest BCUT2D eigenvalue weighted by atomic mass is 10.1. The molecule has 1 saturated heterocycles.